The van der Waals surface area contributed by atoms with Crippen LogP contribution in [0.25, 0.3) is 0 Å². The molecule has 0 aliphatic carbocycles. The number of phenolic OH excluding ortho intramolecular Hbond substituents is 1. The van der Waals surface area contributed by atoms with Crippen molar-refractivity contribution in [2.45, 2.75) is 4.90 Å². The minimum atomic E-state index is -4.07. The van der Waals surface area contributed by atoms with Crippen LogP contribution in [0.2, 0.25) is 0 Å². The summed E-state index contributed by atoms with van der Waals surface area (Å²) in [6.07, 6.45) is 0. The maximum atomic E-state index is 12.8. The zero-order chi connectivity index (χ0) is 24.9. The molecule has 0 atom stereocenters. The summed E-state index contributed by atoms with van der Waals surface area (Å²) in [5, 5.41) is 20.4. The molecular formula is C21H18N4O8S. The minimum Gasteiger partial charge on any atom is -0.502 e. The summed E-state index contributed by atoms with van der Waals surface area (Å²) in [5.74, 6) is -2.10. The van der Waals surface area contributed by atoms with Crippen LogP contribution in [0.5, 0.6) is 11.5 Å². The predicted molar refractivity (Wildman–Crippen MR) is 120 cm³/mol. The first-order valence-electron chi connectivity index (χ1n) is 9.46. The minimum absolute atomic E-state index is 0.0743. The van der Waals surface area contributed by atoms with Gasteiger partial charge in [0.1, 0.15) is 5.75 Å². The summed E-state index contributed by atoms with van der Waals surface area (Å²) in [5.41, 5.74) is 3.59. The average molecular weight is 486 g/mol. The second kappa shape index (κ2) is 9.87. The Morgan fingerprint density at radius 1 is 0.941 bits per heavy atom. The maximum Gasteiger partial charge on any atom is 0.310 e. The number of anilines is 1. The third-order valence-electron chi connectivity index (χ3n) is 4.48. The number of nitrogens with zero attached hydrogens (tertiary/aromatic N) is 1. The van der Waals surface area contributed by atoms with Gasteiger partial charge in [-0.05, 0) is 42.5 Å². The van der Waals surface area contributed by atoms with Gasteiger partial charge in [0.05, 0.1) is 22.6 Å². The molecule has 3 rings (SSSR count). The number of nitrogens with one attached hydrogen (secondary N) is 3. The SMILES string of the molecule is COc1ccccc1NS(=O)(=O)c1cccc(C(=O)NNC(=O)c2ccc([N+](=O)[O-])c(O)c2)c1. The van der Waals surface area contributed by atoms with Crippen molar-refractivity contribution in [3.05, 3.63) is 88.0 Å². The molecule has 0 aliphatic heterocycles. The second-order valence-electron chi connectivity index (χ2n) is 6.70. The van der Waals surface area contributed by atoms with Crippen molar-refractivity contribution < 1.29 is 32.8 Å². The Hall–Kier alpha value is -4.65. The lowest BCUT2D eigenvalue weighted by atomic mass is 10.2. The molecule has 0 saturated heterocycles. The molecule has 2 amide bonds. The summed E-state index contributed by atoms with van der Waals surface area (Å²) in [6, 6.07) is 14.4. The molecule has 34 heavy (non-hydrogen) atoms. The molecule has 3 aromatic rings. The van der Waals surface area contributed by atoms with E-state index < -0.39 is 38.2 Å². The number of carbonyl (C=O) groups excluding carboxylic acids is 2. The Bertz CT molecular complexity index is 1370. The summed E-state index contributed by atoms with van der Waals surface area (Å²) in [6.45, 7) is 0. The number of phenols is 1. The molecule has 176 valence electrons. The van der Waals surface area contributed by atoms with Gasteiger partial charge in [-0.25, -0.2) is 8.42 Å². The van der Waals surface area contributed by atoms with Gasteiger partial charge in [-0.3, -0.25) is 35.3 Å². The van der Waals surface area contributed by atoms with Gasteiger partial charge in [0.25, 0.3) is 21.8 Å². The molecule has 4 N–H and O–H groups in total. The van der Waals surface area contributed by atoms with E-state index in [0.29, 0.717) is 5.75 Å². The number of para-hydroxylation sites is 2. The third-order valence-corrected chi connectivity index (χ3v) is 5.84. The highest BCUT2D eigenvalue weighted by Crippen LogP contribution is 2.27. The Morgan fingerprint density at radius 2 is 1.59 bits per heavy atom. The highest BCUT2D eigenvalue weighted by Gasteiger charge is 2.19. The van der Waals surface area contributed by atoms with Crippen molar-refractivity contribution in [3.8, 4) is 11.5 Å². The summed E-state index contributed by atoms with van der Waals surface area (Å²) < 4.78 is 33.0. The number of sulfonamides is 1. The van der Waals surface area contributed by atoms with E-state index in [1.807, 2.05) is 0 Å². The van der Waals surface area contributed by atoms with Crippen LogP contribution in [0.1, 0.15) is 20.7 Å². The number of nitro benzene ring substituents is 1. The van der Waals surface area contributed by atoms with Gasteiger partial charge in [0, 0.05) is 17.2 Å². The number of amides is 2. The quantitative estimate of drug-likeness (QED) is 0.290. The van der Waals surface area contributed by atoms with Gasteiger partial charge >= 0.3 is 5.69 Å². The van der Waals surface area contributed by atoms with Gasteiger partial charge < -0.3 is 9.84 Å². The monoisotopic (exact) mass is 486 g/mol. The highest BCUT2D eigenvalue weighted by molar-refractivity contribution is 7.92. The summed E-state index contributed by atoms with van der Waals surface area (Å²) in [4.78, 5) is 34.3. The Morgan fingerprint density at radius 3 is 2.21 bits per heavy atom. The second-order valence-corrected chi connectivity index (χ2v) is 8.38. The first-order chi connectivity index (χ1) is 16.1. The smallest absolute Gasteiger partial charge is 0.310 e. The summed E-state index contributed by atoms with van der Waals surface area (Å²) in [7, 11) is -2.68. The van der Waals surface area contributed by atoms with Gasteiger partial charge in [-0.1, -0.05) is 18.2 Å². The molecule has 0 heterocycles. The van der Waals surface area contributed by atoms with E-state index in [4.69, 9.17) is 4.74 Å². The van der Waals surface area contributed by atoms with E-state index in [1.165, 1.54) is 31.4 Å². The molecule has 0 radical (unpaired) electrons. The highest BCUT2D eigenvalue weighted by atomic mass is 32.2. The lowest BCUT2D eigenvalue weighted by Crippen LogP contribution is -2.41. The van der Waals surface area contributed by atoms with Crippen molar-refractivity contribution in [3.63, 3.8) is 0 Å². The zero-order valence-electron chi connectivity index (χ0n) is 17.5. The fourth-order valence-electron chi connectivity index (χ4n) is 2.81. The van der Waals surface area contributed by atoms with Gasteiger partial charge in [-0.15, -0.1) is 0 Å². The van der Waals surface area contributed by atoms with E-state index >= 15 is 0 Å². The van der Waals surface area contributed by atoms with Crippen LogP contribution < -0.4 is 20.3 Å². The zero-order valence-corrected chi connectivity index (χ0v) is 18.3. The normalized spacial score (nSPS) is 10.7. The number of carbonyl (C=O) groups is 2. The molecule has 0 saturated carbocycles. The number of hydrogen-bond acceptors (Lipinski definition) is 8. The van der Waals surface area contributed by atoms with Crippen molar-refractivity contribution in [1.82, 2.24) is 10.9 Å². The molecule has 13 heteroatoms. The number of rotatable bonds is 7. The van der Waals surface area contributed by atoms with Crippen molar-refractivity contribution in [1.29, 1.82) is 0 Å². The third kappa shape index (κ3) is 5.39. The van der Waals surface area contributed by atoms with Crippen LogP contribution in [-0.2, 0) is 10.0 Å². The van der Waals surface area contributed by atoms with Gasteiger partial charge in [-0.2, -0.15) is 0 Å². The van der Waals surface area contributed by atoms with Crippen molar-refractivity contribution >= 4 is 33.2 Å². The Kier molecular flexibility index (Phi) is 6.97. The fourth-order valence-corrected chi connectivity index (χ4v) is 3.93. The lowest BCUT2D eigenvalue weighted by molar-refractivity contribution is -0.385. The first kappa shape index (κ1) is 24.0. The standard InChI is InChI=1S/C21H18N4O8S/c1-33-19-8-3-2-7-16(19)24-34(31,32)15-6-4-5-13(11-15)20(27)22-23-21(28)14-9-10-17(25(29)30)18(26)12-14/h2-12,24,26H,1H3,(H,22,27)(H,23,28). The molecule has 0 aromatic heterocycles. The average Bonchev–Trinajstić information content (AvgIpc) is 2.82. The number of ether oxygens (including phenoxy) is 1. The van der Waals surface area contributed by atoms with E-state index in [0.717, 1.165) is 24.3 Å². The van der Waals surface area contributed by atoms with E-state index in [2.05, 4.69) is 15.6 Å². The van der Waals surface area contributed by atoms with Gasteiger partial charge in [0.2, 0.25) is 0 Å². The predicted octanol–water partition coefficient (Wildman–Crippen LogP) is 2.18. The Labute approximate surface area is 193 Å². The topological polar surface area (TPSA) is 177 Å². The maximum absolute atomic E-state index is 12.8. The molecule has 0 fully saturated rings. The number of benzene rings is 3. The molecule has 12 nitrogen and oxygen atoms in total. The molecule has 0 unspecified atom stereocenters. The molecule has 3 aromatic carbocycles. The molecular weight excluding hydrogens is 468 g/mol. The fraction of sp³-hybridized carbons (Fsp3) is 0.0476. The number of methoxy groups -OCH3 is 1. The van der Waals surface area contributed by atoms with Crippen molar-refractivity contribution in [2.75, 3.05) is 11.8 Å². The van der Waals surface area contributed by atoms with Crippen molar-refractivity contribution in [2.24, 2.45) is 0 Å². The number of aromatic hydroxyl groups is 1. The van der Waals surface area contributed by atoms with E-state index in [1.54, 1.807) is 18.2 Å². The lowest BCUT2D eigenvalue weighted by Gasteiger charge is -2.12. The van der Waals surface area contributed by atoms with Gasteiger partial charge in [0.15, 0.2) is 5.75 Å². The van der Waals surface area contributed by atoms with Crippen LogP contribution in [0.4, 0.5) is 11.4 Å². The van der Waals surface area contributed by atoms with E-state index in [-0.39, 0.29) is 21.7 Å². The van der Waals surface area contributed by atoms with Crippen LogP contribution in [0.3, 0.4) is 0 Å². The Balaban J connectivity index is 1.71. The molecule has 0 bridgehead atoms. The van der Waals surface area contributed by atoms with Crippen LogP contribution >= 0.6 is 0 Å². The summed E-state index contributed by atoms with van der Waals surface area (Å²) >= 11 is 0. The molecule has 0 spiro atoms. The first-order valence-corrected chi connectivity index (χ1v) is 10.9. The van der Waals surface area contributed by atoms with Crippen LogP contribution in [0, 0.1) is 10.1 Å². The number of hydrogen-bond donors (Lipinski definition) is 4. The molecule has 0 aliphatic rings. The van der Waals surface area contributed by atoms with Crippen LogP contribution in [-0.4, -0.2) is 37.4 Å². The number of hydrazine groups is 1. The van der Waals surface area contributed by atoms with Crippen LogP contribution in [0.15, 0.2) is 71.6 Å². The largest absolute Gasteiger partial charge is 0.502 e. The number of nitro groups is 1. The van der Waals surface area contributed by atoms with E-state index in [9.17, 15) is 33.2 Å².